The minimum atomic E-state index is -0.179. The van der Waals surface area contributed by atoms with Crippen LogP contribution in [0.3, 0.4) is 0 Å². The normalized spacial score (nSPS) is 26.3. The van der Waals surface area contributed by atoms with Crippen molar-refractivity contribution in [3.63, 3.8) is 0 Å². The second kappa shape index (κ2) is 5.12. The summed E-state index contributed by atoms with van der Waals surface area (Å²) in [4.78, 5) is 15.9. The minimum Gasteiger partial charge on any atom is -0.368 e. The van der Waals surface area contributed by atoms with Gasteiger partial charge in [-0.05, 0) is 6.42 Å². The minimum absolute atomic E-state index is 0.0563. The van der Waals surface area contributed by atoms with Crippen LogP contribution in [0, 0.1) is 0 Å². The molecule has 5 nitrogen and oxygen atoms in total. The van der Waals surface area contributed by atoms with Crippen LogP contribution in [-0.2, 0) is 4.79 Å². The zero-order chi connectivity index (χ0) is 11.5. The number of nitrogens with one attached hydrogen (secondary N) is 1. The van der Waals surface area contributed by atoms with Crippen molar-refractivity contribution < 1.29 is 4.79 Å². The summed E-state index contributed by atoms with van der Waals surface area (Å²) < 4.78 is 0. The lowest BCUT2D eigenvalue weighted by Gasteiger charge is -2.49. The van der Waals surface area contributed by atoms with E-state index in [1.807, 2.05) is 6.92 Å². The smallest absolute Gasteiger partial charge is 0.234 e. The lowest BCUT2D eigenvalue weighted by atomic mass is 10.0. The van der Waals surface area contributed by atoms with Crippen LogP contribution < -0.4 is 11.1 Å². The van der Waals surface area contributed by atoms with E-state index in [1.54, 1.807) is 0 Å². The highest BCUT2D eigenvalue weighted by Gasteiger charge is 2.37. The number of nitrogens with zero attached hydrogens (tertiary/aromatic N) is 2. The number of likely N-dealkylation sites (tertiary alicyclic amines) is 1. The molecule has 0 aromatic heterocycles. The maximum atomic E-state index is 11.2. The summed E-state index contributed by atoms with van der Waals surface area (Å²) in [5, 5.41) is 3.35. The van der Waals surface area contributed by atoms with E-state index in [1.165, 1.54) is 0 Å². The number of amides is 1. The van der Waals surface area contributed by atoms with Crippen LogP contribution in [-0.4, -0.2) is 67.1 Å². The average molecular weight is 226 g/mol. The highest BCUT2D eigenvalue weighted by molar-refractivity contribution is 5.79. The number of nitrogens with two attached hydrogens (primary N) is 1. The Bertz CT molecular complexity index is 246. The summed E-state index contributed by atoms with van der Waals surface area (Å²) in [6.07, 6.45) is 0.823. The molecular formula is C11H22N4O. The molecule has 5 heteroatoms. The number of carbonyl (C=O) groups is 1. The second-order valence-corrected chi connectivity index (χ2v) is 4.72. The van der Waals surface area contributed by atoms with Gasteiger partial charge < -0.3 is 11.1 Å². The van der Waals surface area contributed by atoms with E-state index in [9.17, 15) is 4.79 Å². The van der Waals surface area contributed by atoms with E-state index < -0.39 is 0 Å². The first kappa shape index (κ1) is 11.8. The molecule has 2 fully saturated rings. The van der Waals surface area contributed by atoms with Gasteiger partial charge in [-0.25, -0.2) is 0 Å². The van der Waals surface area contributed by atoms with Crippen LogP contribution in [0.2, 0.25) is 0 Å². The molecule has 2 aliphatic heterocycles. The summed E-state index contributed by atoms with van der Waals surface area (Å²) >= 11 is 0. The van der Waals surface area contributed by atoms with Gasteiger partial charge in [0.05, 0.1) is 6.04 Å². The maximum absolute atomic E-state index is 11.2. The number of hydrogen-bond donors (Lipinski definition) is 2. The van der Waals surface area contributed by atoms with Crippen molar-refractivity contribution in [2.75, 3.05) is 39.3 Å². The molecule has 2 aliphatic rings. The van der Waals surface area contributed by atoms with E-state index >= 15 is 0 Å². The standard InChI is InChI=1S/C11H22N4O/c1-2-10(11(12)16)15-7-9(8-15)14-5-3-13-4-6-14/h9-10,13H,2-8H2,1H3,(H2,12,16). The molecule has 0 spiro atoms. The average Bonchev–Trinajstić information content (AvgIpc) is 2.23. The van der Waals surface area contributed by atoms with Crippen molar-refractivity contribution in [3.05, 3.63) is 0 Å². The highest BCUT2D eigenvalue weighted by Crippen LogP contribution is 2.19. The van der Waals surface area contributed by atoms with E-state index in [-0.39, 0.29) is 11.9 Å². The Kier molecular flexibility index (Phi) is 3.78. The molecule has 3 N–H and O–H groups in total. The van der Waals surface area contributed by atoms with E-state index in [2.05, 4.69) is 15.1 Å². The van der Waals surface area contributed by atoms with E-state index in [0.717, 1.165) is 45.7 Å². The Morgan fingerprint density at radius 3 is 2.56 bits per heavy atom. The van der Waals surface area contributed by atoms with Gasteiger partial charge in [0.1, 0.15) is 0 Å². The lowest BCUT2D eigenvalue weighted by molar-refractivity contribution is -0.126. The lowest BCUT2D eigenvalue weighted by Crippen LogP contribution is -2.66. The fraction of sp³-hybridized carbons (Fsp3) is 0.909. The van der Waals surface area contributed by atoms with Crippen molar-refractivity contribution in [2.24, 2.45) is 5.73 Å². The molecule has 0 aromatic rings. The first-order chi connectivity index (χ1) is 7.72. The van der Waals surface area contributed by atoms with Gasteiger partial charge in [0, 0.05) is 45.3 Å². The molecule has 1 atom stereocenters. The Hall–Kier alpha value is -0.650. The summed E-state index contributed by atoms with van der Waals surface area (Å²) in [5.41, 5.74) is 5.38. The van der Waals surface area contributed by atoms with Crippen molar-refractivity contribution in [1.82, 2.24) is 15.1 Å². The molecule has 0 radical (unpaired) electrons. The molecule has 0 aliphatic carbocycles. The SMILES string of the molecule is CCC(C(N)=O)N1CC(N2CCNCC2)C1. The monoisotopic (exact) mass is 226 g/mol. The fourth-order valence-corrected chi connectivity index (χ4v) is 2.66. The molecule has 1 unspecified atom stereocenters. The summed E-state index contributed by atoms with van der Waals surface area (Å²) in [6.45, 7) is 8.46. The van der Waals surface area contributed by atoms with Gasteiger partial charge in [-0.1, -0.05) is 6.92 Å². The maximum Gasteiger partial charge on any atom is 0.234 e. The zero-order valence-corrected chi connectivity index (χ0v) is 9.98. The molecule has 16 heavy (non-hydrogen) atoms. The predicted molar refractivity (Wildman–Crippen MR) is 63.1 cm³/mol. The summed E-state index contributed by atoms with van der Waals surface area (Å²) in [6, 6.07) is 0.578. The largest absolute Gasteiger partial charge is 0.368 e. The molecule has 0 aromatic carbocycles. The third-order valence-electron chi connectivity index (χ3n) is 3.71. The molecule has 0 bridgehead atoms. The van der Waals surface area contributed by atoms with Gasteiger partial charge >= 0.3 is 0 Å². The van der Waals surface area contributed by atoms with Crippen molar-refractivity contribution in [1.29, 1.82) is 0 Å². The third-order valence-corrected chi connectivity index (χ3v) is 3.71. The Labute approximate surface area is 96.9 Å². The van der Waals surface area contributed by atoms with E-state index in [0.29, 0.717) is 6.04 Å². The summed E-state index contributed by atoms with van der Waals surface area (Å²) in [7, 11) is 0. The molecule has 1 amide bonds. The van der Waals surface area contributed by atoms with Gasteiger partial charge in [0.25, 0.3) is 0 Å². The zero-order valence-electron chi connectivity index (χ0n) is 9.98. The van der Waals surface area contributed by atoms with E-state index in [4.69, 9.17) is 5.73 Å². The van der Waals surface area contributed by atoms with Crippen molar-refractivity contribution in [3.8, 4) is 0 Å². The van der Waals surface area contributed by atoms with Crippen LogP contribution in [0.5, 0.6) is 0 Å². The predicted octanol–water partition coefficient (Wildman–Crippen LogP) is -1.16. The Morgan fingerprint density at radius 2 is 2.06 bits per heavy atom. The van der Waals surface area contributed by atoms with Crippen LogP contribution >= 0.6 is 0 Å². The van der Waals surface area contributed by atoms with Crippen molar-refractivity contribution >= 4 is 5.91 Å². The van der Waals surface area contributed by atoms with Crippen LogP contribution in [0.4, 0.5) is 0 Å². The van der Waals surface area contributed by atoms with Gasteiger partial charge in [0.15, 0.2) is 0 Å². The topological polar surface area (TPSA) is 61.6 Å². The van der Waals surface area contributed by atoms with Crippen molar-refractivity contribution in [2.45, 2.75) is 25.4 Å². The Morgan fingerprint density at radius 1 is 1.44 bits per heavy atom. The first-order valence-electron chi connectivity index (χ1n) is 6.20. The van der Waals surface area contributed by atoms with Gasteiger partial charge in [-0.2, -0.15) is 0 Å². The molecule has 2 saturated heterocycles. The summed E-state index contributed by atoms with van der Waals surface area (Å²) in [5.74, 6) is -0.179. The van der Waals surface area contributed by atoms with Gasteiger partial charge in [-0.3, -0.25) is 14.6 Å². The Balaban J connectivity index is 1.77. The fourth-order valence-electron chi connectivity index (χ4n) is 2.66. The van der Waals surface area contributed by atoms with Crippen LogP contribution in [0.25, 0.3) is 0 Å². The number of carbonyl (C=O) groups excluding carboxylic acids is 1. The second-order valence-electron chi connectivity index (χ2n) is 4.72. The number of primary amides is 1. The first-order valence-corrected chi connectivity index (χ1v) is 6.20. The molecule has 2 rings (SSSR count). The quantitative estimate of drug-likeness (QED) is 0.635. The number of hydrogen-bond acceptors (Lipinski definition) is 4. The molecule has 0 saturated carbocycles. The van der Waals surface area contributed by atoms with Crippen LogP contribution in [0.1, 0.15) is 13.3 Å². The van der Waals surface area contributed by atoms with Gasteiger partial charge in [0.2, 0.25) is 5.91 Å². The number of piperazine rings is 1. The molecule has 92 valence electrons. The molecule has 2 heterocycles. The third kappa shape index (κ3) is 2.36. The molecular weight excluding hydrogens is 204 g/mol. The highest BCUT2D eigenvalue weighted by atomic mass is 16.1. The number of rotatable bonds is 4. The van der Waals surface area contributed by atoms with Crippen LogP contribution in [0.15, 0.2) is 0 Å². The van der Waals surface area contributed by atoms with Gasteiger partial charge in [-0.15, -0.1) is 0 Å².